The van der Waals surface area contributed by atoms with Crippen LogP contribution < -0.4 is 0 Å². The Morgan fingerprint density at radius 1 is 0.720 bits per heavy atom. The van der Waals surface area contributed by atoms with Gasteiger partial charge in [-0.15, -0.1) is 0 Å². The number of thiol groups is 1. The minimum absolute atomic E-state index is 0. The van der Waals surface area contributed by atoms with Crippen LogP contribution in [0.25, 0.3) is 0 Å². The Morgan fingerprint density at radius 2 is 1.12 bits per heavy atom. The van der Waals surface area contributed by atoms with Gasteiger partial charge < -0.3 is 14.4 Å². The average Bonchev–Trinajstić information content (AvgIpc) is 2.55. The molecule has 0 saturated heterocycles. The fourth-order valence-electron chi connectivity index (χ4n) is 1.45. The summed E-state index contributed by atoms with van der Waals surface area (Å²) in [6.45, 7) is 0. The molecule has 0 unspecified atom stereocenters. The van der Waals surface area contributed by atoms with Gasteiger partial charge in [-0.3, -0.25) is 0 Å². The van der Waals surface area contributed by atoms with E-state index in [2.05, 4.69) is 4.18 Å². The van der Waals surface area contributed by atoms with E-state index in [-0.39, 0.29) is 46.2 Å². The van der Waals surface area contributed by atoms with Gasteiger partial charge in [0.25, 0.3) is 0 Å². The van der Waals surface area contributed by atoms with Gasteiger partial charge in [0.15, 0.2) is 0 Å². The molecular weight excluding hydrogens is 363 g/mol. The molecule has 2 N–H and O–H groups in total. The summed E-state index contributed by atoms with van der Waals surface area (Å²) in [4.78, 5) is 31.5. The monoisotopic (exact) mass is 376 g/mol. The van der Waals surface area contributed by atoms with E-state index in [0.717, 1.165) is 0 Å². The van der Waals surface area contributed by atoms with Crippen LogP contribution in [-0.2, 0) is 15.2 Å². The summed E-state index contributed by atoms with van der Waals surface area (Å²) in [5.41, 5.74) is 0.386. The van der Waals surface area contributed by atoms with E-state index in [1.54, 1.807) is 18.2 Å². The van der Waals surface area contributed by atoms with E-state index < -0.39 is 28.9 Å². The summed E-state index contributed by atoms with van der Waals surface area (Å²) >= 11 is 0. The van der Waals surface area contributed by atoms with Crippen molar-refractivity contribution in [3.05, 3.63) is 71.3 Å². The first-order valence-electron chi connectivity index (χ1n) is 6.29. The Bertz CT molecular complexity index is 759. The van der Waals surface area contributed by atoms with Crippen LogP contribution in [0.4, 0.5) is 0 Å². The van der Waals surface area contributed by atoms with Gasteiger partial charge in [0.2, 0.25) is 0 Å². The van der Waals surface area contributed by atoms with Crippen LogP contribution in [0.15, 0.2) is 54.6 Å². The zero-order valence-electron chi connectivity index (χ0n) is 12.0. The molecule has 25 heavy (non-hydrogen) atoms. The average molecular weight is 376 g/mol. The quantitative estimate of drug-likeness (QED) is 0.527. The number of aromatic carboxylic acids is 2. The number of carboxylic acids is 2. The summed E-state index contributed by atoms with van der Waals surface area (Å²) in [6, 6.07) is 12.9. The van der Waals surface area contributed by atoms with Crippen molar-refractivity contribution >= 4 is 58.5 Å². The molecule has 8 nitrogen and oxygen atoms in total. The number of hydrogen-bond donors (Lipinski definition) is 3. The summed E-state index contributed by atoms with van der Waals surface area (Å²) in [7, 11) is -3.11. The normalized spacial score (nSPS) is 9.16. The fraction of sp³-hybridized carbons (Fsp3) is 0. The molecule has 2 aromatic rings. The Morgan fingerprint density at radius 3 is 1.44 bits per heavy atom. The zero-order valence-corrected chi connectivity index (χ0v) is 12.9. The predicted molar refractivity (Wildman–Crippen MR) is 89.7 cm³/mol. The predicted octanol–water partition coefficient (Wildman–Crippen LogP) is 0.804. The van der Waals surface area contributed by atoms with Crippen LogP contribution in [0.2, 0.25) is 0 Å². The number of carbonyl (C=O) groups is 3. The number of carbonyl (C=O) groups excluding carboxylic acids is 1. The first-order valence-corrected chi connectivity index (χ1v) is 7.39. The van der Waals surface area contributed by atoms with E-state index in [9.17, 15) is 22.8 Å². The standard InChI is InChI=1S/C8H6O4.C7H6O4S.Na.H/c9-7(10)5-1-2-6(4-3-5)8(11)12;8-7(11-12(9)10)6-4-2-1-3-5-6;;/h1-4H,(H,9,10)(H,11,12);1-5,12H;;. The number of carboxylic acid groups (broad SMARTS) is 2. The molecule has 0 aliphatic carbocycles. The van der Waals surface area contributed by atoms with Crippen LogP contribution in [-0.4, -0.2) is 66.1 Å². The molecule has 10 heteroatoms. The molecule has 0 fully saturated rings. The van der Waals surface area contributed by atoms with Crippen molar-refractivity contribution in [3.63, 3.8) is 0 Å². The summed E-state index contributed by atoms with van der Waals surface area (Å²) in [6.07, 6.45) is 0. The molecule has 0 amide bonds. The maximum atomic E-state index is 10.8. The van der Waals surface area contributed by atoms with Gasteiger partial charge in [0.1, 0.15) is 0 Å². The third-order valence-corrected chi connectivity index (χ3v) is 2.86. The van der Waals surface area contributed by atoms with Crippen molar-refractivity contribution in [3.8, 4) is 0 Å². The van der Waals surface area contributed by atoms with Crippen LogP contribution >= 0.6 is 0 Å². The van der Waals surface area contributed by atoms with Crippen molar-refractivity contribution in [2.75, 3.05) is 0 Å². The van der Waals surface area contributed by atoms with E-state index in [0.29, 0.717) is 0 Å². The Balaban J connectivity index is 0.000000443. The molecule has 0 aliphatic rings. The van der Waals surface area contributed by atoms with Crippen LogP contribution in [0.5, 0.6) is 0 Å². The summed E-state index contributed by atoms with van der Waals surface area (Å²) in [5.74, 6) is -2.98. The molecular formula is C15H13NaO8S. The Labute approximate surface area is 166 Å². The van der Waals surface area contributed by atoms with Crippen molar-refractivity contribution in [1.29, 1.82) is 0 Å². The topological polar surface area (TPSA) is 135 Å². The third-order valence-electron chi connectivity index (χ3n) is 2.55. The molecule has 0 spiro atoms. The van der Waals surface area contributed by atoms with Crippen LogP contribution in [0.1, 0.15) is 31.1 Å². The Hall–Kier alpha value is -2.20. The second-order valence-corrected chi connectivity index (χ2v) is 4.79. The van der Waals surface area contributed by atoms with Crippen molar-refractivity contribution in [2.24, 2.45) is 0 Å². The molecule has 0 aromatic heterocycles. The molecule has 0 atom stereocenters. The van der Waals surface area contributed by atoms with Crippen molar-refractivity contribution < 1.29 is 37.2 Å². The van der Waals surface area contributed by atoms with Gasteiger partial charge >= 0.3 is 58.5 Å². The third kappa shape index (κ3) is 8.45. The van der Waals surface area contributed by atoms with Gasteiger partial charge in [-0.25, -0.2) is 14.4 Å². The number of rotatable bonds is 4. The zero-order chi connectivity index (χ0) is 18.1. The summed E-state index contributed by atoms with van der Waals surface area (Å²) in [5, 5.41) is 16.9. The van der Waals surface area contributed by atoms with Crippen molar-refractivity contribution in [1.82, 2.24) is 0 Å². The fourth-order valence-corrected chi connectivity index (χ4v) is 1.69. The van der Waals surface area contributed by atoms with Gasteiger partial charge in [-0.2, -0.15) is 8.42 Å². The van der Waals surface area contributed by atoms with E-state index in [1.807, 2.05) is 0 Å². The van der Waals surface area contributed by atoms with Gasteiger partial charge in [-0.1, -0.05) is 18.2 Å². The molecule has 0 saturated carbocycles. The molecule has 2 rings (SSSR count). The second kappa shape index (κ2) is 11.4. The van der Waals surface area contributed by atoms with Gasteiger partial charge in [-0.05, 0) is 36.4 Å². The van der Waals surface area contributed by atoms with E-state index in [4.69, 9.17) is 10.2 Å². The molecule has 0 bridgehead atoms. The molecule has 0 aliphatic heterocycles. The van der Waals surface area contributed by atoms with E-state index >= 15 is 0 Å². The first kappa shape index (κ1) is 22.8. The van der Waals surface area contributed by atoms with Gasteiger partial charge in [0, 0.05) is 0 Å². The number of benzene rings is 2. The minimum atomic E-state index is -3.11. The molecule has 0 radical (unpaired) electrons. The molecule has 2 aromatic carbocycles. The molecule has 128 valence electrons. The van der Waals surface area contributed by atoms with Crippen molar-refractivity contribution in [2.45, 2.75) is 0 Å². The molecule has 0 heterocycles. The van der Waals surface area contributed by atoms with Crippen LogP contribution in [0, 0.1) is 0 Å². The van der Waals surface area contributed by atoms with E-state index in [1.165, 1.54) is 36.4 Å². The van der Waals surface area contributed by atoms with Crippen LogP contribution in [0.3, 0.4) is 0 Å². The Kier molecular flexibility index (Phi) is 10.4. The SMILES string of the molecule is O=C(O)c1ccc(C(=O)O)cc1.O=C(O[SH](=O)=O)c1ccccc1.[NaH]. The van der Waals surface area contributed by atoms with Gasteiger partial charge in [0.05, 0.1) is 16.7 Å². The first-order chi connectivity index (χ1) is 11.3. The second-order valence-electron chi connectivity index (χ2n) is 4.16. The maximum absolute atomic E-state index is 10.8. The number of hydrogen-bond acceptors (Lipinski definition) is 6. The summed E-state index contributed by atoms with van der Waals surface area (Å²) < 4.78 is 23.9.